The largest absolute Gasteiger partial charge is 0.370 e. The van der Waals surface area contributed by atoms with Gasteiger partial charge >= 0.3 is 0 Å². The monoisotopic (exact) mass is 226 g/mol. The van der Waals surface area contributed by atoms with Crippen LogP contribution < -0.4 is 17.2 Å². The summed E-state index contributed by atoms with van der Waals surface area (Å²) >= 11 is 0. The third-order valence-corrected chi connectivity index (χ3v) is 2.57. The summed E-state index contributed by atoms with van der Waals surface area (Å²) in [5.74, 6) is 0.107. The fraction of sp³-hybridized carbons (Fsp3) is 0.800. The Labute approximate surface area is 96.6 Å². The van der Waals surface area contributed by atoms with Crippen LogP contribution in [0.15, 0.2) is 9.98 Å². The van der Waals surface area contributed by atoms with Crippen LogP contribution in [0.5, 0.6) is 0 Å². The van der Waals surface area contributed by atoms with Gasteiger partial charge in [-0.15, -0.1) is 0 Å². The predicted molar refractivity (Wildman–Crippen MR) is 67.2 cm³/mol. The number of nitrogens with two attached hydrogens (primary N) is 3. The Bertz CT molecular complexity index is 262. The van der Waals surface area contributed by atoms with Crippen molar-refractivity contribution < 1.29 is 0 Å². The van der Waals surface area contributed by atoms with Crippen molar-refractivity contribution in [3.8, 4) is 0 Å². The third-order valence-electron chi connectivity index (χ3n) is 2.57. The van der Waals surface area contributed by atoms with Crippen molar-refractivity contribution in [2.75, 3.05) is 19.6 Å². The molecule has 1 rings (SSSR count). The summed E-state index contributed by atoms with van der Waals surface area (Å²) in [5.41, 5.74) is 16.0. The Hall–Kier alpha value is -1.30. The quantitative estimate of drug-likeness (QED) is 0.443. The van der Waals surface area contributed by atoms with Gasteiger partial charge in [-0.3, -0.25) is 0 Å². The number of rotatable bonds is 3. The maximum absolute atomic E-state index is 5.56. The minimum Gasteiger partial charge on any atom is -0.370 e. The fourth-order valence-corrected chi connectivity index (χ4v) is 1.94. The fourth-order valence-electron chi connectivity index (χ4n) is 1.94. The Balaban J connectivity index is 2.39. The van der Waals surface area contributed by atoms with Crippen LogP contribution in [0, 0.1) is 0 Å². The van der Waals surface area contributed by atoms with Gasteiger partial charge in [0.1, 0.15) is 0 Å². The van der Waals surface area contributed by atoms with Gasteiger partial charge in [-0.05, 0) is 32.9 Å². The van der Waals surface area contributed by atoms with Crippen molar-refractivity contribution in [3.63, 3.8) is 0 Å². The van der Waals surface area contributed by atoms with E-state index < -0.39 is 0 Å². The van der Waals surface area contributed by atoms with Gasteiger partial charge in [0.25, 0.3) is 0 Å². The molecule has 6 N–H and O–H groups in total. The molecule has 1 unspecified atom stereocenters. The lowest BCUT2D eigenvalue weighted by Crippen LogP contribution is -2.35. The first kappa shape index (κ1) is 12.8. The van der Waals surface area contributed by atoms with Crippen molar-refractivity contribution in [2.45, 2.75) is 32.2 Å². The van der Waals surface area contributed by atoms with Gasteiger partial charge in [0.2, 0.25) is 5.96 Å². The summed E-state index contributed by atoms with van der Waals surface area (Å²) in [6.45, 7) is 5.24. The average Bonchev–Trinajstić information content (AvgIpc) is 2.17. The van der Waals surface area contributed by atoms with Crippen molar-refractivity contribution in [3.05, 3.63) is 0 Å². The van der Waals surface area contributed by atoms with E-state index in [0.717, 1.165) is 19.6 Å². The molecule has 16 heavy (non-hydrogen) atoms. The van der Waals surface area contributed by atoms with Crippen molar-refractivity contribution >= 4 is 11.9 Å². The average molecular weight is 226 g/mol. The van der Waals surface area contributed by atoms with Crippen LogP contribution in [0.2, 0.25) is 0 Å². The van der Waals surface area contributed by atoms with Gasteiger partial charge < -0.3 is 22.1 Å². The van der Waals surface area contributed by atoms with E-state index in [0.29, 0.717) is 0 Å². The van der Waals surface area contributed by atoms with Gasteiger partial charge in [-0.25, -0.2) is 4.99 Å². The van der Waals surface area contributed by atoms with Crippen molar-refractivity contribution in [1.29, 1.82) is 0 Å². The van der Waals surface area contributed by atoms with Crippen LogP contribution in [0.1, 0.15) is 26.2 Å². The zero-order valence-corrected chi connectivity index (χ0v) is 9.89. The zero-order chi connectivity index (χ0) is 12.0. The van der Waals surface area contributed by atoms with E-state index in [1.807, 2.05) is 6.92 Å². The lowest BCUT2D eigenvalue weighted by molar-refractivity contribution is 0.220. The Morgan fingerprint density at radius 3 is 2.38 bits per heavy atom. The lowest BCUT2D eigenvalue weighted by atomic mass is 10.1. The van der Waals surface area contributed by atoms with E-state index >= 15 is 0 Å². The van der Waals surface area contributed by atoms with E-state index in [1.165, 1.54) is 19.3 Å². The van der Waals surface area contributed by atoms with E-state index in [9.17, 15) is 0 Å². The highest BCUT2D eigenvalue weighted by Crippen LogP contribution is 2.09. The highest BCUT2D eigenvalue weighted by molar-refractivity contribution is 5.92. The standard InChI is InChI=1S/C10H22N6/c1-8(14-10(13)15-9(11)12)7-16-5-3-2-4-6-16/h8H,2-7H2,1H3,(H6,11,12,13,14,15). The molecule has 0 radical (unpaired) electrons. The van der Waals surface area contributed by atoms with Crippen LogP contribution in [-0.2, 0) is 0 Å². The Morgan fingerprint density at radius 2 is 1.81 bits per heavy atom. The van der Waals surface area contributed by atoms with Gasteiger partial charge in [0.15, 0.2) is 5.96 Å². The van der Waals surface area contributed by atoms with Crippen LogP contribution in [-0.4, -0.2) is 42.5 Å². The van der Waals surface area contributed by atoms with Crippen LogP contribution in [0.3, 0.4) is 0 Å². The van der Waals surface area contributed by atoms with E-state index in [2.05, 4.69) is 14.9 Å². The third kappa shape index (κ3) is 4.97. The maximum atomic E-state index is 5.56. The molecule has 0 spiro atoms. The lowest BCUT2D eigenvalue weighted by Gasteiger charge is -2.27. The highest BCUT2D eigenvalue weighted by Gasteiger charge is 2.12. The molecule has 6 heteroatoms. The van der Waals surface area contributed by atoms with Gasteiger partial charge in [-0.1, -0.05) is 6.42 Å². The molecule has 0 saturated carbocycles. The molecule has 0 bridgehead atoms. The number of guanidine groups is 2. The number of hydrogen-bond acceptors (Lipinski definition) is 2. The molecule has 1 atom stereocenters. The van der Waals surface area contributed by atoms with Crippen LogP contribution in [0.4, 0.5) is 0 Å². The van der Waals surface area contributed by atoms with Crippen LogP contribution in [0.25, 0.3) is 0 Å². The molecular weight excluding hydrogens is 204 g/mol. The smallest absolute Gasteiger partial charge is 0.218 e. The summed E-state index contributed by atoms with van der Waals surface area (Å²) in [5, 5.41) is 0. The first-order valence-corrected chi connectivity index (χ1v) is 5.73. The molecule has 0 aromatic carbocycles. The molecule has 1 aliphatic heterocycles. The molecule has 0 aliphatic carbocycles. The summed E-state index contributed by atoms with van der Waals surface area (Å²) in [6, 6.07) is 0.126. The summed E-state index contributed by atoms with van der Waals surface area (Å²) in [7, 11) is 0. The minimum absolute atomic E-state index is 0.0496. The number of aliphatic imine (C=N–C) groups is 2. The maximum Gasteiger partial charge on any atom is 0.218 e. The molecule has 1 heterocycles. The molecule has 6 nitrogen and oxygen atoms in total. The van der Waals surface area contributed by atoms with Crippen molar-refractivity contribution in [2.24, 2.45) is 27.2 Å². The van der Waals surface area contributed by atoms with Crippen molar-refractivity contribution in [1.82, 2.24) is 4.90 Å². The molecule has 1 aliphatic rings. The second-order valence-electron chi connectivity index (χ2n) is 4.23. The molecule has 1 fully saturated rings. The predicted octanol–water partition coefficient (Wildman–Crippen LogP) is -0.551. The second kappa shape index (κ2) is 6.32. The minimum atomic E-state index is -0.0496. The van der Waals surface area contributed by atoms with Gasteiger partial charge in [0, 0.05) is 6.54 Å². The molecule has 0 aromatic rings. The van der Waals surface area contributed by atoms with Gasteiger partial charge in [-0.2, -0.15) is 4.99 Å². The van der Waals surface area contributed by atoms with E-state index in [4.69, 9.17) is 17.2 Å². The first-order valence-electron chi connectivity index (χ1n) is 5.73. The normalized spacial score (nSPS) is 20.4. The Morgan fingerprint density at radius 1 is 1.19 bits per heavy atom. The number of hydrogen-bond donors (Lipinski definition) is 3. The molecule has 92 valence electrons. The van der Waals surface area contributed by atoms with E-state index in [-0.39, 0.29) is 18.0 Å². The van der Waals surface area contributed by atoms with Crippen LogP contribution >= 0.6 is 0 Å². The number of piperidine rings is 1. The molecule has 1 saturated heterocycles. The summed E-state index contributed by atoms with van der Waals surface area (Å²) in [4.78, 5) is 10.3. The second-order valence-corrected chi connectivity index (χ2v) is 4.23. The van der Waals surface area contributed by atoms with Gasteiger partial charge in [0.05, 0.1) is 6.04 Å². The summed E-state index contributed by atoms with van der Waals surface area (Å²) in [6.07, 6.45) is 3.89. The number of likely N-dealkylation sites (tertiary alicyclic amines) is 1. The number of nitrogens with zero attached hydrogens (tertiary/aromatic N) is 3. The summed E-state index contributed by atoms with van der Waals surface area (Å²) < 4.78 is 0. The molecular formula is C10H22N6. The molecule has 0 amide bonds. The SMILES string of the molecule is CC(CN1CCCCC1)N=C(N)N=C(N)N. The highest BCUT2D eigenvalue weighted by atomic mass is 15.2. The van der Waals surface area contributed by atoms with E-state index in [1.54, 1.807) is 0 Å². The molecule has 0 aromatic heterocycles. The zero-order valence-electron chi connectivity index (χ0n) is 9.89. The topological polar surface area (TPSA) is 106 Å². The first-order chi connectivity index (χ1) is 7.58. The Kier molecular flexibility index (Phi) is 5.04.